The number of hydrogen-bond acceptors (Lipinski definition) is 4. The molecule has 1 aliphatic rings. The summed E-state index contributed by atoms with van der Waals surface area (Å²) in [5, 5.41) is 7.89. The molecule has 1 saturated heterocycles. The Morgan fingerprint density at radius 3 is 2.57 bits per heavy atom. The first-order valence-electron chi connectivity index (χ1n) is 7.35. The van der Waals surface area contributed by atoms with Gasteiger partial charge in [-0.3, -0.25) is 4.68 Å². The summed E-state index contributed by atoms with van der Waals surface area (Å²) in [7, 11) is 1.65. The Balaban J connectivity index is 1.82. The molecule has 1 aromatic heterocycles. The Kier molecular flexibility index (Phi) is 4.10. The third-order valence-electron chi connectivity index (χ3n) is 3.94. The number of benzene rings is 1. The zero-order valence-electron chi connectivity index (χ0n) is 12.5. The fraction of sp³-hybridized carbons (Fsp3) is 0.438. The Hall–Kier alpha value is -2.01. The van der Waals surface area contributed by atoms with Crippen LogP contribution in [0.15, 0.2) is 30.5 Å². The van der Waals surface area contributed by atoms with E-state index in [1.807, 2.05) is 24.3 Å². The molecule has 0 radical (unpaired) electrons. The molecule has 1 N–H and O–H groups in total. The van der Waals surface area contributed by atoms with Gasteiger partial charge in [0.15, 0.2) is 17.2 Å². The van der Waals surface area contributed by atoms with Crippen molar-refractivity contribution in [1.29, 1.82) is 0 Å². The smallest absolute Gasteiger partial charge is 0.169 e. The van der Waals surface area contributed by atoms with Gasteiger partial charge in [-0.1, -0.05) is 12.1 Å². The van der Waals surface area contributed by atoms with Crippen LogP contribution in [0.2, 0.25) is 0 Å². The number of piperidine rings is 1. The number of aromatic nitrogens is 2. The van der Waals surface area contributed by atoms with Gasteiger partial charge in [-0.25, -0.2) is 0 Å². The summed E-state index contributed by atoms with van der Waals surface area (Å²) >= 11 is 0. The molecule has 5 heteroatoms. The largest absolute Gasteiger partial charge is 0.493 e. The summed E-state index contributed by atoms with van der Waals surface area (Å²) in [6.45, 7) is 4.15. The van der Waals surface area contributed by atoms with Gasteiger partial charge in [-0.2, -0.15) is 5.10 Å². The van der Waals surface area contributed by atoms with E-state index in [0.29, 0.717) is 11.8 Å². The number of para-hydroxylation sites is 2. The second-order valence-electron chi connectivity index (χ2n) is 5.27. The highest BCUT2D eigenvalue weighted by molar-refractivity contribution is 5.43. The lowest BCUT2D eigenvalue weighted by Gasteiger charge is -2.24. The highest BCUT2D eigenvalue weighted by Gasteiger charge is 2.20. The molecule has 3 rings (SSSR count). The summed E-state index contributed by atoms with van der Waals surface area (Å²) < 4.78 is 13.4. The van der Waals surface area contributed by atoms with E-state index in [2.05, 4.69) is 22.0 Å². The summed E-state index contributed by atoms with van der Waals surface area (Å²) in [6.07, 6.45) is 4.01. The van der Waals surface area contributed by atoms with Crippen LogP contribution in [0.3, 0.4) is 0 Å². The average molecular weight is 287 g/mol. The van der Waals surface area contributed by atoms with Gasteiger partial charge in [-0.05, 0) is 45.0 Å². The van der Waals surface area contributed by atoms with Crippen molar-refractivity contribution in [1.82, 2.24) is 15.1 Å². The molecule has 0 aliphatic carbocycles. The molecule has 0 saturated carbocycles. The number of rotatable bonds is 4. The van der Waals surface area contributed by atoms with Gasteiger partial charge in [0, 0.05) is 0 Å². The molecule has 0 unspecified atom stereocenters. The number of ether oxygens (including phenoxy) is 2. The van der Waals surface area contributed by atoms with Gasteiger partial charge in [-0.15, -0.1) is 0 Å². The van der Waals surface area contributed by atoms with Crippen molar-refractivity contribution in [3.8, 4) is 17.2 Å². The molecule has 21 heavy (non-hydrogen) atoms. The molecule has 0 amide bonds. The maximum atomic E-state index is 5.98. The van der Waals surface area contributed by atoms with Crippen molar-refractivity contribution >= 4 is 0 Å². The van der Waals surface area contributed by atoms with Crippen LogP contribution in [-0.2, 0) is 0 Å². The molecular weight excluding hydrogens is 266 g/mol. The second kappa shape index (κ2) is 6.18. The molecule has 5 nitrogen and oxygen atoms in total. The van der Waals surface area contributed by atoms with Crippen molar-refractivity contribution in [2.45, 2.75) is 25.8 Å². The molecule has 2 aromatic rings. The maximum Gasteiger partial charge on any atom is 0.169 e. The first-order chi connectivity index (χ1) is 10.3. The lowest BCUT2D eigenvalue weighted by Crippen LogP contribution is -2.30. The Morgan fingerprint density at radius 1 is 1.14 bits per heavy atom. The fourth-order valence-electron chi connectivity index (χ4n) is 2.75. The van der Waals surface area contributed by atoms with E-state index in [4.69, 9.17) is 9.47 Å². The molecule has 1 aromatic carbocycles. The van der Waals surface area contributed by atoms with Crippen molar-refractivity contribution in [3.05, 3.63) is 36.2 Å². The number of methoxy groups -OCH3 is 1. The summed E-state index contributed by atoms with van der Waals surface area (Å²) in [5.41, 5.74) is 1.06. The first kappa shape index (κ1) is 13.9. The third-order valence-corrected chi connectivity index (χ3v) is 3.94. The molecule has 112 valence electrons. The zero-order valence-corrected chi connectivity index (χ0v) is 12.5. The summed E-state index contributed by atoms with van der Waals surface area (Å²) in [5.74, 6) is 2.23. The number of hydrogen-bond donors (Lipinski definition) is 1. The van der Waals surface area contributed by atoms with Gasteiger partial charge < -0.3 is 14.8 Å². The van der Waals surface area contributed by atoms with Crippen molar-refractivity contribution in [2.24, 2.45) is 0 Å². The molecule has 2 heterocycles. The Morgan fingerprint density at radius 2 is 1.86 bits per heavy atom. The summed E-state index contributed by atoms with van der Waals surface area (Å²) in [6, 6.07) is 8.12. The predicted molar refractivity (Wildman–Crippen MR) is 81.2 cm³/mol. The second-order valence-corrected chi connectivity index (χ2v) is 5.27. The summed E-state index contributed by atoms with van der Waals surface area (Å²) in [4.78, 5) is 0. The fourth-order valence-corrected chi connectivity index (χ4v) is 2.75. The van der Waals surface area contributed by atoms with Crippen LogP contribution in [0.5, 0.6) is 17.2 Å². The monoisotopic (exact) mass is 287 g/mol. The minimum Gasteiger partial charge on any atom is -0.493 e. The van der Waals surface area contributed by atoms with Gasteiger partial charge in [0.1, 0.15) is 0 Å². The van der Waals surface area contributed by atoms with Crippen LogP contribution in [0, 0.1) is 6.92 Å². The van der Waals surface area contributed by atoms with Gasteiger partial charge in [0.2, 0.25) is 0 Å². The molecule has 0 bridgehead atoms. The van der Waals surface area contributed by atoms with Crippen molar-refractivity contribution in [3.63, 3.8) is 0 Å². The van der Waals surface area contributed by atoms with E-state index in [9.17, 15) is 0 Å². The molecule has 0 spiro atoms. The van der Waals surface area contributed by atoms with E-state index in [1.54, 1.807) is 13.3 Å². The minimum absolute atomic E-state index is 0.460. The van der Waals surface area contributed by atoms with Gasteiger partial charge >= 0.3 is 0 Å². The van der Waals surface area contributed by atoms with Gasteiger partial charge in [0.05, 0.1) is 25.0 Å². The third kappa shape index (κ3) is 2.88. The number of nitrogens with one attached hydrogen (secondary N) is 1. The van der Waals surface area contributed by atoms with E-state index in [0.717, 1.165) is 43.1 Å². The van der Waals surface area contributed by atoms with Gasteiger partial charge in [0.25, 0.3) is 0 Å². The Bertz CT molecular complexity index is 603. The van der Waals surface area contributed by atoms with Crippen LogP contribution in [0.1, 0.15) is 24.6 Å². The zero-order chi connectivity index (χ0) is 14.7. The van der Waals surface area contributed by atoms with Crippen LogP contribution >= 0.6 is 0 Å². The molecule has 1 aliphatic heterocycles. The van der Waals surface area contributed by atoms with E-state index < -0.39 is 0 Å². The normalized spacial score (nSPS) is 15.9. The van der Waals surface area contributed by atoms with Crippen LogP contribution in [-0.4, -0.2) is 30.0 Å². The van der Waals surface area contributed by atoms with E-state index in [1.165, 1.54) is 0 Å². The predicted octanol–water partition coefficient (Wildman–Crippen LogP) is 2.92. The number of nitrogens with zero attached hydrogens (tertiary/aromatic N) is 2. The van der Waals surface area contributed by atoms with E-state index >= 15 is 0 Å². The molecular formula is C16H21N3O2. The van der Waals surface area contributed by atoms with Crippen LogP contribution < -0.4 is 14.8 Å². The molecule has 0 atom stereocenters. The SMILES string of the molecule is COc1ccccc1Oc1cnn(C2CCNCC2)c1C. The highest BCUT2D eigenvalue weighted by atomic mass is 16.5. The lowest BCUT2D eigenvalue weighted by molar-refractivity contribution is 0.335. The standard InChI is InChI=1S/C16H21N3O2/c1-12-16(21-15-6-4-3-5-14(15)20-2)11-18-19(12)13-7-9-17-10-8-13/h3-6,11,13,17H,7-10H2,1-2H3. The minimum atomic E-state index is 0.460. The van der Waals surface area contributed by atoms with Crippen LogP contribution in [0.25, 0.3) is 0 Å². The van der Waals surface area contributed by atoms with E-state index in [-0.39, 0.29) is 0 Å². The Labute approximate surface area is 124 Å². The average Bonchev–Trinajstić information content (AvgIpc) is 2.90. The van der Waals surface area contributed by atoms with Crippen LogP contribution in [0.4, 0.5) is 0 Å². The van der Waals surface area contributed by atoms with Crippen molar-refractivity contribution in [2.75, 3.05) is 20.2 Å². The maximum absolute atomic E-state index is 5.98. The lowest BCUT2D eigenvalue weighted by atomic mass is 10.1. The highest BCUT2D eigenvalue weighted by Crippen LogP contribution is 2.33. The first-order valence-corrected chi connectivity index (χ1v) is 7.35. The quantitative estimate of drug-likeness (QED) is 0.939. The topological polar surface area (TPSA) is 48.3 Å². The molecule has 1 fully saturated rings. The van der Waals surface area contributed by atoms with Crippen molar-refractivity contribution < 1.29 is 9.47 Å².